The molecular formula is C18H15N3O. The molecule has 1 aromatic carbocycles. The minimum atomic E-state index is 0.492. The average Bonchev–Trinajstić information content (AvgIpc) is 2.61. The molecule has 0 spiro atoms. The van der Waals surface area contributed by atoms with E-state index in [-0.39, 0.29) is 0 Å². The number of pyridine rings is 1. The zero-order chi connectivity index (χ0) is 15.0. The van der Waals surface area contributed by atoms with Crippen LogP contribution in [0.25, 0.3) is 12.2 Å². The minimum absolute atomic E-state index is 0.492. The van der Waals surface area contributed by atoms with Crippen LogP contribution in [0.1, 0.15) is 16.8 Å². The van der Waals surface area contributed by atoms with E-state index in [9.17, 15) is 0 Å². The van der Waals surface area contributed by atoms with Gasteiger partial charge in [-0.25, -0.2) is 9.97 Å². The summed E-state index contributed by atoms with van der Waals surface area (Å²) in [5, 5.41) is 0. The molecule has 3 aromatic rings. The largest absolute Gasteiger partial charge is 0.488 e. The molecule has 0 aliphatic carbocycles. The van der Waals surface area contributed by atoms with Crippen molar-refractivity contribution < 1.29 is 4.74 Å². The minimum Gasteiger partial charge on any atom is -0.488 e. The quantitative estimate of drug-likeness (QED) is 0.719. The Balaban J connectivity index is 1.74. The maximum absolute atomic E-state index is 5.89. The number of para-hydroxylation sites is 1. The molecular weight excluding hydrogens is 274 g/mol. The van der Waals surface area contributed by atoms with Gasteiger partial charge in [-0.15, -0.1) is 0 Å². The smallest absolute Gasteiger partial charge is 0.127 e. The fraction of sp³-hybridized carbons (Fsp3) is 0.0556. The molecule has 108 valence electrons. The second kappa shape index (κ2) is 7.13. The Morgan fingerprint density at radius 1 is 0.909 bits per heavy atom. The van der Waals surface area contributed by atoms with E-state index in [1.807, 2.05) is 54.6 Å². The molecule has 22 heavy (non-hydrogen) atoms. The van der Waals surface area contributed by atoms with Gasteiger partial charge in [-0.2, -0.15) is 0 Å². The van der Waals surface area contributed by atoms with Crippen LogP contribution in [-0.2, 0) is 6.61 Å². The Kier molecular flexibility index (Phi) is 4.52. The van der Waals surface area contributed by atoms with Crippen LogP contribution in [0.5, 0.6) is 5.75 Å². The van der Waals surface area contributed by atoms with E-state index in [2.05, 4.69) is 15.0 Å². The third-order valence-electron chi connectivity index (χ3n) is 3.07. The lowest BCUT2D eigenvalue weighted by Crippen LogP contribution is -1.97. The van der Waals surface area contributed by atoms with Gasteiger partial charge in [0, 0.05) is 29.7 Å². The molecule has 0 radical (unpaired) electrons. The van der Waals surface area contributed by atoms with Crippen LogP contribution in [0.2, 0.25) is 0 Å². The highest BCUT2D eigenvalue weighted by Gasteiger charge is 2.01. The maximum Gasteiger partial charge on any atom is 0.127 e. The Hall–Kier alpha value is -3.01. The SMILES string of the molecule is C(=C\c1ccccc1OCc1cccnc1)/c1ccncn1. The lowest BCUT2D eigenvalue weighted by atomic mass is 10.1. The Morgan fingerprint density at radius 2 is 1.86 bits per heavy atom. The van der Waals surface area contributed by atoms with Crippen LogP contribution in [0.3, 0.4) is 0 Å². The summed E-state index contributed by atoms with van der Waals surface area (Å²) >= 11 is 0. The molecule has 2 heterocycles. The third-order valence-corrected chi connectivity index (χ3v) is 3.07. The van der Waals surface area contributed by atoms with E-state index < -0.39 is 0 Å². The van der Waals surface area contributed by atoms with Gasteiger partial charge in [0.25, 0.3) is 0 Å². The van der Waals surface area contributed by atoms with Crippen molar-refractivity contribution in [3.63, 3.8) is 0 Å². The van der Waals surface area contributed by atoms with E-state index >= 15 is 0 Å². The molecule has 0 saturated heterocycles. The van der Waals surface area contributed by atoms with Crippen LogP contribution in [0.4, 0.5) is 0 Å². The van der Waals surface area contributed by atoms with Crippen LogP contribution in [0.15, 0.2) is 67.4 Å². The van der Waals surface area contributed by atoms with Crippen LogP contribution in [-0.4, -0.2) is 15.0 Å². The first-order valence-electron chi connectivity index (χ1n) is 6.97. The van der Waals surface area contributed by atoms with Crippen LogP contribution >= 0.6 is 0 Å². The van der Waals surface area contributed by atoms with Gasteiger partial charge in [-0.05, 0) is 30.4 Å². The van der Waals surface area contributed by atoms with Gasteiger partial charge in [0.1, 0.15) is 18.7 Å². The number of hydrogen-bond acceptors (Lipinski definition) is 4. The van der Waals surface area contributed by atoms with E-state index in [4.69, 9.17) is 4.74 Å². The standard InChI is InChI=1S/C18H15N3O/c1-2-6-18(22-13-15-4-3-10-19-12-15)16(5-1)7-8-17-9-11-20-14-21-17/h1-12,14H,13H2/b8-7+. The number of nitrogens with zero attached hydrogens (tertiary/aromatic N) is 3. The van der Waals surface area contributed by atoms with Gasteiger partial charge in [-0.3, -0.25) is 4.98 Å². The summed E-state index contributed by atoms with van der Waals surface area (Å²) in [5.41, 5.74) is 2.90. The van der Waals surface area contributed by atoms with Gasteiger partial charge in [0.05, 0.1) is 5.69 Å². The van der Waals surface area contributed by atoms with Gasteiger partial charge in [0.15, 0.2) is 0 Å². The normalized spacial score (nSPS) is 10.7. The number of aromatic nitrogens is 3. The lowest BCUT2D eigenvalue weighted by Gasteiger charge is -2.08. The van der Waals surface area contributed by atoms with Crippen molar-refractivity contribution in [1.82, 2.24) is 15.0 Å². The molecule has 0 bridgehead atoms. The Morgan fingerprint density at radius 3 is 2.68 bits per heavy atom. The summed E-state index contributed by atoms with van der Waals surface area (Å²) in [7, 11) is 0. The average molecular weight is 289 g/mol. The molecule has 3 rings (SSSR count). The van der Waals surface area contributed by atoms with Crippen molar-refractivity contribution in [3.8, 4) is 5.75 Å². The highest BCUT2D eigenvalue weighted by molar-refractivity contribution is 5.71. The first-order valence-corrected chi connectivity index (χ1v) is 6.97. The highest BCUT2D eigenvalue weighted by atomic mass is 16.5. The van der Waals surface area contributed by atoms with Crippen LogP contribution in [0, 0.1) is 0 Å². The van der Waals surface area contributed by atoms with Crippen molar-refractivity contribution in [2.75, 3.05) is 0 Å². The van der Waals surface area contributed by atoms with Crippen LogP contribution < -0.4 is 4.74 Å². The molecule has 0 aliphatic rings. The van der Waals surface area contributed by atoms with Crippen molar-refractivity contribution >= 4 is 12.2 Å². The summed E-state index contributed by atoms with van der Waals surface area (Å²) in [4.78, 5) is 12.2. The molecule has 0 N–H and O–H groups in total. The highest BCUT2D eigenvalue weighted by Crippen LogP contribution is 2.21. The summed E-state index contributed by atoms with van der Waals surface area (Å²) in [6, 6.07) is 13.7. The zero-order valence-electron chi connectivity index (χ0n) is 12.0. The van der Waals surface area contributed by atoms with Crippen molar-refractivity contribution in [2.45, 2.75) is 6.61 Å². The first-order chi connectivity index (χ1) is 10.9. The van der Waals surface area contributed by atoms with Gasteiger partial charge < -0.3 is 4.74 Å². The molecule has 0 aliphatic heterocycles. The second-order valence-corrected chi connectivity index (χ2v) is 4.66. The Bertz CT molecular complexity index is 743. The molecule has 4 heteroatoms. The molecule has 0 saturated carbocycles. The van der Waals surface area contributed by atoms with Crippen molar-refractivity contribution in [3.05, 3.63) is 84.2 Å². The predicted octanol–water partition coefficient (Wildman–Crippen LogP) is 3.62. The number of rotatable bonds is 5. The topological polar surface area (TPSA) is 47.9 Å². The molecule has 0 unspecified atom stereocenters. The lowest BCUT2D eigenvalue weighted by molar-refractivity contribution is 0.305. The monoisotopic (exact) mass is 289 g/mol. The molecule has 0 atom stereocenters. The fourth-order valence-corrected chi connectivity index (χ4v) is 1.97. The second-order valence-electron chi connectivity index (χ2n) is 4.66. The van der Waals surface area contributed by atoms with Gasteiger partial charge in [-0.1, -0.05) is 24.3 Å². The van der Waals surface area contributed by atoms with E-state index in [1.165, 1.54) is 6.33 Å². The van der Waals surface area contributed by atoms with E-state index in [0.29, 0.717) is 6.61 Å². The van der Waals surface area contributed by atoms with Crippen molar-refractivity contribution in [2.24, 2.45) is 0 Å². The van der Waals surface area contributed by atoms with E-state index in [0.717, 1.165) is 22.6 Å². The summed E-state index contributed by atoms with van der Waals surface area (Å²) < 4.78 is 5.89. The third kappa shape index (κ3) is 3.76. The molecule has 0 amide bonds. The maximum atomic E-state index is 5.89. The number of ether oxygens (including phenoxy) is 1. The summed E-state index contributed by atoms with van der Waals surface area (Å²) in [5.74, 6) is 0.830. The Labute approximate surface area is 129 Å². The molecule has 4 nitrogen and oxygen atoms in total. The number of hydrogen-bond donors (Lipinski definition) is 0. The first kappa shape index (κ1) is 13.9. The molecule has 0 fully saturated rings. The zero-order valence-corrected chi connectivity index (χ0v) is 12.0. The fourth-order valence-electron chi connectivity index (χ4n) is 1.97. The van der Waals surface area contributed by atoms with Crippen molar-refractivity contribution in [1.29, 1.82) is 0 Å². The summed E-state index contributed by atoms with van der Waals surface area (Å²) in [6.45, 7) is 0.492. The molecule has 2 aromatic heterocycles. The predicted molar refractivity (Wildman–Crippen MR) is 86.0 cm³/mol. The van der Waals surface area contributed by atoms with Gasteiger partial charge in [0.2, 0.25) is 0 Å². The summed E-state index contributed by atoms with van der Waals surface area (Å²) in [6.07, 6.45) is 10.7. The number of benzene rings is 1. The van der Waals surface area contributed by atoms with E-state index in [1.54, 1.807) is 18.6 Å². The van der Waals surface area contributed by atoms with Gasteiger partial charge >= 0.3 is 0 Å².